The first-order chi connectivity index (χ1) is 9.81. The fraction of sp³-hybridized carbons (Fsp3) is 0.800. The summed E-state index contributed by atoms with van der Waals surface area (Å²) in [6.45, 7) is 4.87. The van der Waals surface area contributed by atoms with Crippen LogP contribution >= 0.6 is 0 Å². The molecule has 2 aliphatic rings. The zero-order valence-electron chi connectivity index (χ0n) is 12.6. The van der Waals surface area contributed by atoms with E-state index < -0.39 is 0 Å². The number of fused-ring (bicyclic) bond motifs is 2. The monoisotopic (exact) mass is 278 g/mol. The van der Waals surface area contributed by atoms with Gasteiger partial charge in [-0.15, -0.1) is 0 Å². The largest absolute Gasteiger partial charge is 0.383 e. The Morgan fingerprint density at radius 3 is 2.80 bits per heavy atom. The summed E-state index contributed by atoms with van der Waals surface area (Å²) < 4.78 is 7.42. The van der Waals surface area contributed by atoms with Crippen LogP contribution in [-0.2, 0) is 11.3 Å². The van der Waals surface area contributed by atoms with Gasteiger partial charge in [-0.2, -0.15) is 0 Å². The van der Waals surface area contributed by atoms with Gasteiger partial charge in [-0.25, -0.2) is 4.98 Å². The van der Waals surface area contributed by atoms with Gasteiger partial charge in [0.15, 0.2) is 0 Å². The van der Waals surface area contributed by atoms with Crippen molar-refractivity contribution in [1.29, 1.82) is 0 Å². The number of piperidine rings is 1. The smallest absolute Gasteiger partial charge is 0.205 e. The molecular weight excluding hydrogens is 252 g/mol. The summed E-state index contributed by atoms with van der Waals surface area (Å²) in [5, 5.41) is 3.72. The van der Waals surface area contributed by atoms with Crippen molar-refractivity contribution in [3.63, 3.8) is 0 Å². The molecule has 112 valence electrons. The second kappa shape index (κ2) is 6.14. The van der Waals surface area contributed by atoms with Crippen molar-refractivity contribution in [2.75, 3.05) is 25.2 Å². The quantitative estimate of drug-likeness (QED) is 0.859. The molecule has 2 atom stereocenters. The van der Waals surface area contributed by atoms with Gasteiger partial charge < -0.3 is 19.5 Å². The number of ether oxygens (including phenoxy) is 1. The summed E-state index contributed by atoms with van der Waals surface area (Å²) in [6.07, 6.45) is 9.16. The molecule has 3 rings (SSSR count). The summed E-state index contributed by atoms with van der Waals surface area (Å²) in [4.78, 5) is 7.09. The van der Waals surface area contributed by atoms with Crippen LogP contribution in [0.5, 0.6) is 0 Å². The van der Waals surface area contributed by atoms with Gasteiger partial charge in [0.25, 0.3) is 0 Å². The third kappa shape index (κ3) is 2.69. The first kappa shape index (κ1) is 13.9. The highest BCUT2D eigenvalue weighted by Gasteiger charge is 2.36. The number of aromatic nitrogens is 2. The summed E-state index contributed by atoms with van der Waals surface area (Å²) in [5.74, 6) is 1.11. The lowest BCUT2D eigenvalue weighted by Gasteiger charge is -2.38. The Bertz CT molecular complexity index is 421. The van der Waals surface area contributed by atoms with Crippen LogP contribution in [0.25, 0.3) is 0 Å². The van der Waals surface area contributed by atoms with Crippen LogP contribution in [0.3, 0.4) is 0 Å². The highest BCUT2D eigenvalue weighted by Crippen LogP contribution is 2.31. The van der Waals surface area contributed by atoms with Crippen molar-refractivity contribution in [1.82, 2.24) is 14.9 Å². The van der Waals surface area contributed by atoms with Crippen molar-refractivity contribution in [3.8, 4) is 0 Å². The highest BCUT2D eigenvalue weighted by molar-refractivity contribution is 5.34. The van der Waals surface area contributed by atoms with E-state index >= 15 is 0 Å². The molecule has 0 aliphatic carbocycles. The Morgan fingerprint density at radius 2 is 2.15 bits per heavy atom. The normalized spacial score (nSPS) is 28.8. The molecule has 0 amide bonds. The zero-order chi connectivity index (χ0) is 13.9. The Balaban J connectivity index is 1.74. The van der Waals surface area contributed by atoms with Crippen molar-refractivity contribution < 1.29 is 4.74 Å². The summed E-state index contributed by atoms with van der Waals surface area (Å²) in [6, 6.07) is 2.06. The first-order valence-electron chi connectivity index (χ1n) is 7.84. The fourth-order valence-electron chi connectivity index (χ4n) is 3.77. The standard InChI is InChI=1S/C15H26N4O/c1-3-19(14-10-12-4-5-13(11-14)17-12)15-16-6-7-18(15)8-9-20-2/h6-7,12-14,17H,3-5,8-11H2,1-2H3. The molecule has 2 fully saturated rings. The Morgan fingerprint density at radius 1 is 1.40 bits per heavy atom. The molecule has 0 spiro atoms. The van der Waals surface area contributed by atoms with Crippen molar-refractivity contribution in [2.45, 2.75) is 57.3 Å². The minimum atomic E-state index is 0.627. The minimum Gasteiger partial charge on any atom is -0.383 e. The SMILES string of the molecule is CCN(c1nccn1CCOC)C1CC2CCC(C1)N2. The van der Waals surface area contributed by atoms with Gasteiger partial charge in [0.05, 0.1) is 6.61 Å². The molecule has 2 saturated heterocycles. The van der Waals surface area contributed by atoms with E-state index in [1.165, 1.54) is 25.7 Å². The minimum absolute atomic E-state index is 0.627. The molecular formula is C15H26N4O. The zero-order valence-corrected chi connectivity index (χ0v) is 12.6. The molecule has 1 aromatic heterocycles. The number of nitrogens with zero attached hydrogens (tertiary/aromatic N) is 3. The Labute approximate surface area is 121 Å². The van der Waals surface area contributed by atoms with Gasteiger partial charge in [0.2, 0.25) is 5.95 Å². The van der Waals surface area contributed by atoms with Gasteiger partial charge >= 0.3 is 0 Å². The van der Waals surface area contributed by atoms with E-state index in [2.05, 4.69) is 32.9 Å². The number of anilines is 1. The molecule has 1 N–H and O–H groups in total. The van der Waals surface area contributed by atoms with Crippen LogP contribution in [-0.4, -0.2) is 47.9 Å². The highest BCUT2D eigenvalue weighted by atomic mass is 16.5. The Kier molecular flexibility index (Phi) is 4.27. The van der Waals surface area contributed by atoms with Crippen LogP contribution in [0.2, 0.25) is 0 Å². The lowest BCUT2D eigenvalue weighted by Crippen LogP contribution is -2.49. The number of methoxy groups -OCH3 is 1. The van der Waals surface area contributed by atoms with E-state index in [0.717, 1.165) is 37.7 Å². The van der Waals surface area contributed by atoms with E-state index in [0.29, 0.717) is 6.04 Å². The molecule has 5 heteroatoms. The molecule has 2 unspecified atom stereocenters. The van der Waals surface area contributed by atoms with Crippen LogP contribution in [0.4, 0.5) is 5.95 Å². The topological polar surface area (TPSA) is 42.3 Å². The predicted molar refractivity (Wildman–Crippen MR) is 80.1 cm³/mol. The van der Waals surface area contributed by atoms with Crippen molar-refractivity contribution >= 4 is 5.95 Å². The van der Waals surface area contributed by atoms with Crippen LogP contribution in [0.1, 0.15) is 32.6 Å². The second-order valence-corrected chi connectivity index (χ2v) is 5.96. The summed E-state index contributed by atoms with van der Waals surface area (Å²) >= 11 is 0. The lowest BCUT2D eigenvalue weighted by atomic mass is 9.98. The molecule has 0 saturated carbocycles. The summed E-state index contributed by atoms with van der Waals surface area (Å²) in [5.41, 5.74) is 0. The van der Waals surface area contributed by atoms with Crippen molar-refractivity contribution in [3.05, 3.63) is 12.4 Å². The van der Waals surface area contributed by atoms with E-state index in [1.807, 2.05) is 6.20 Å². The maximum absolute atomic E-state index is 5.20. The fourth-order valence-corrected chi connectivity index (χ4v) is 3.77. The number of nitrogens with one attached hydrogen (secondary N) is 1. The third-order valence-electron chi connectivity index (χ3n) is 4.72. The average molecular weight is 278 g/mol. The Hall–Kier alpha value is -1.07. The van der Waals surface area contributed by atoms with Crippen LogP contribution in [0.15, 0.2) is 12.4 Å². The number of hydrogen-bond acceptors (Lipinski definition) is 4. The molecule has 0 radical (unpaired) electrons. The molecule has 0 aromatic carbocycles. The molecule has 1 aromatic rings. The number of hydrogen-bond donors (Lipinski definition) is 1. The molecule has 2 aliphatic heterocycles. The van der Waals surface area contributed by atoms with Crippen LogP contribution < -0.4 is 10.2 Å². The van der Waals surface area contributed by atoms with E-state index in [-0.39, 0.29) is 0 Å². The summed E-state index contributed by atoms with van der Waals surface area (Å²) in [7, 11) is 1.75. The molecule has 3 heterocycles. The average Bonchev–Trinajstić information content (AvgIpc) is 3.04. The number of imidazole rings is 1. The van der Waals surface area contributed by atoms with Gasteiger partial charge in [-0.05, 0) is 32.6 Å². The molecule has 5 nitrogen and oxygen atoms in total. The van der Waals surface area contributed by atoms with Crippen LogP contribution in [0, 0.1) is 0 Å². The second-order valence-electron chi connectivity index (χ2n) is 5.96. The number of rotatable bonds is 6. The van der Waals surface area contributed by atoms with E-state index in [4.69, 9.17) is 4.74 Å². The first-order valence-corrected chi connectivity index (χ1v) is 7.84. The van der Waals surface area contributed by atoms with E-state index in [1.54, 1.807) is 7.11 Å². The lowest BCUT2D eigenvalue weighted by molar-refractivity contribution is 0.187. The van der Waals surface area contributed by atoms with Gasteiger partial charge in [-0.3, -0.25) is 0 Å². The molecule has 2 bridgehead atoms. The maximum Gasteiger partial charge on any atom is 0.205 e. The van der Waals surface area contributed by atoms with E-state index in [9.17, 15) is 0 Å². The molecule has 20 heavy (non-hydrogen) atoms. The van der Waals surface area contributed by atoms with Gasteiger partial charge in [0, 0.05) is 50.7 Å². The maximum atomic E-state index is 5.20. The third-order valence-corrected chi connectivity index (χ3v) is 4.72. The van der Waals surface area contributed by atoms with Gasteiger partial charge in [-0.1, -0.05) is 0 Å². The van der Waals surface area contributed by atoms with Gasteiger partial charge in [0.1, 0.15) is 0 Å². The van der Waals surface area contributed by atoms with Crippen molar-refractivity contribution in [2.24, 2.45) is 0 Å². The predicted octanol–water partition coefficient (Wildman–Crippen LogP) is 1.64.